The monoisotopic (exact) mass is 250 g/mol. The van der Waals surface area contributed by atoms with Crippen LogP contribution in [0.3, 0.4) is 0 Å². The van der Waals surface area contributed by atoms with E-state index >= 15 is 0 Å². The van der Waals surface area contributed by atoms with Crippen LogP contribution in [0.25, 0.3) is 0 Å². The van der Waals surface area contributed by atoms with Gasteiger partial charge in [-0.25, -0.2) is 9.78 Å². The van der Waals surface area contributed by atoms with Gasteiger partial charge in [0.05, 0.1) is 6.10 Å². The molecule has 0 aromatic carbocycles. The number of carbonyl (C=O) groups is 2. The van der Waals surface area contributed by atoms with Gasteiger partial charge in [-0.05, 0) is 25.0 Å². The first-order chi connectivity index (χ1) is 8.60. The molecule has 1 aliphatic rings. The van der Waals surface area contributed by atoms with Crippen molar-refractivity contribution in [2.75, 3.05) is 7.11 Å². The Balaban J connectivity index is 1.97. The van der Waals surface area contributed by atoms with Gasteiger partial charge in [0.1, 0.15) is 11.4 Å². The molecule has 0 bridgehead atoms. The van der Waals surface area contributed by atoms with E-state index in [0.717, 1.165) is 12.8 Å². The Bertz CT molecular complexity index is 469. The quantitative estimate of drug-likeness (QED) is 0.820. The molecular formula is C12H14N2O4. The Hall–Kier alpha value is -1.95. The summed E-state index contributed by atoms with van der Waals surface area (Å²) in [5.41, 5.74) is -0.0122. The summed E-state index contributed by atoms with van der Waals surface area (Å²) < 4.78 is 5.11. The number of amides is 1. The van der Waals surface area contributed by atoms with Gasteiger partial charge in [-0.2, -0.15) is 0 Å². The van der Waals surface area contributed by atoms with Crippen molar-refractivity contribution in [3.63, 3.8) is 0 Å². The maximum absolute atomic E-state index is 11.8. The van der Waals surface area contributed by atoms with Crippen LogP contribution in [0, 0.1) is 0 Å². The first-order valence-corrected chi connectivity index (χ1v) is 5.64. The van der Waals surface area contributed by atoms with E-state index in [1.165, 1.54) is 18.2 Å². The number of pyridine rings is 1. The highest BCUT2D eigenvalue weighted by atomic mass is 16.5. The van der Waals surface area contributed by atoms with E-state index in [0.29, 0.717) is 0 Å². The van der Waals surface area contributed by atoms with Gasteiger partial charge in [-0.1, -0.05) is 6.07 Å². The molecule has 96 valence electrons. The van der Waals surface area contributed by atoms with E-state index in [1.54, 1.807) is 7.11 Å². The molecule has 1 saturated carbocycles. The Morgan fingerprint density at radius 2 is 2.06 bits per heavy atom. The van der Waals surface area contributed by atoms with Crippen molar-refractivity contribution in [1.29, 1.82) is 0 Å². The number of nitrogens with one attached hydrogen (secondary N) is 1. The molecule has 1 fully saturated rings. The maximum Gasteiger partial charge on any atom is 0.354 e. The molecule has 6 heteroatoms. The van der Waals surface area contributed by atoms with Crippen molar-refractivity contribution in [3.8, 4) is 0 Å². The lowest BCUT2D eigenvalue weighted by atomic mass is 9.89. The number of carboxylic acids is 1. The molecule has 1 aromatic rings. The summed E-state index contributed by atoms with van der Waals surface area (Å²) in [7, 11) is 1.64. The van der Waals surface area contributed by atoms with Gasteiger partial charge in [0.2, 0.25) is 0 Å². The second-order valence-electron chi connectivity index (χ2n) is 4.21. The second kappa shape index (κ2) is 5.14. The standard InChI is InChI=1S/C12H14N2O4/c1-18-8-5-7(6-8)13-11(15)9-3-2-4-10(14-9)12(16)17/h2-4,7-8H,5-6H2,1H3,(H,13,15)(H,16,17). The molecule has 18 heavy (non-hydrogen) atoms. The van der Waals surface area contributed by atoms with Gasteiger partial charge in [-0.3, -0.25) is 4.79 Å². The van der Waals surface area contributed by atoms with Gasteiger partial charge < -0.3 is 15.2 Å². The summed E-state index contributed by atoms with van der Waals surface area (Å²) in [6.07, 6.45) is 1.76. The summed E-state index contributed by atoms with van der Waals surface area (Å²) in [4.78, 5) is 26.3. The van der Waals surface area contributed by atoms with Crippen LogP contribution in [0.1, 0.15) is 33.8 Å². The average Bonchev–Trinajstić information content (AvgIpc) is 2.33. The van der Waals surface area contributed by atoms with E-state index in [-0.39, 0.29) is 29.4 Å². The van der Waals surface area contributed by atoms with Crippen molar-refractivity contribution in [2.45, 2.75) is 25.0 Å². The minimum atomic E-state index is -1.15. The predicted molar refractivity (Wildman–Crippen MR) is 62.5 cm³/mol. The third-order valence-electron chi connectivity index (χ3n) is 2.96. The number of aromatic nitrogens is 1. The summed E-state index contributed by atoms with van der Waals surface area (Å²) in [5.74, 6) is -1.50. The lowest BCUT2D eigenvalue weighted by molar-refractivity contribution is 0.0175. The minimum absolute atomic E-state index is 0.0812. The fraction of sp³-hybridized carbons (Fsp3) is 0.417. The largest absolute Gasteiger partial charge is 0.477 e. The fourth-order valence-corrected chi connectivity index (χ4v) is 1.82. The predicted octanol–water partition coefficient (Wildman–Crippen LogP) is 0.687. The van der Waals surface area contributed by atoms with Crippen LogP contribution >= 0.6 is 0 Å². The third kappa shape index (κ3) is 2.65. The summed E-state index contributed by atoms with van der Waals surface area (Å²) in [6.45, 7) is 0. The highest BCUT2D eigenvalue weighted by molar-refractivity contribution is 5.94. The average molecular weight is 250 g/mol. The van der Waals surface area contributed by atoms with Gasteiger partial charge in [0.25, 0.3) is 5.91 Å². The number of ether oxygens (including phenoxy) is 1. The molecule has 1 heterocycles. The van der Waals surface area contributed by atoms with Crippen LogP contribution in [0.4, 0.5) is 0 Å². The smallest absolute Gasteiger partial charge is 0.354 e. The van der Waals surface area contributed by atoms with Gasteiger partial charge >= 0.3 is 5.97 Å². The molecule has 0 aliphatic heterocycles. The SMILES string of the molecule is COC1CC(NC(=O)c2cccc(C(=O)O)n2)C1. The van der Waals surface area contributed by atoms with E-state index in [4.69, 9.17) is 9.84 Å². The van der Waals surface area contributed by atoms with Crippen molar-refractivity contribution in [2.24, 2.45) is 0 Å². The lowest BCUT2D eigenvalue weighted by Gasteiger charge is -2.34. The molecule has 2 rings (SSSR count). The second-order valence-corrected chi connectivity index (χ2v) is 4.21. The molecule has 0 atom stereocenters. The minimum Gasteiger partial charge on any atom is -0.477 e. The number of rotatable bonds is 4. The molecule has 2 N–H and O–H groups in total. The number of nitrogens with zero attached hydrogens (tertiary/aromatic N) is 1. The number of carboxylic acid groups (broad SMARTS) is 1. The van der Waals surface area contributed by atoms with Gasteiger partial charge in [-0.15, -0.1) is 0 Å². The summed E-state index contributed by atoms with van der Waals surface area (Å²) in [6, 6.07) is 4.43. The van der Waals surface area contributed by atoms with Crippen LogP contribution in [-0.4, -0.2) is 41.2 Å². The maximum atomic E-state index is 11.8. The normalized spacial score (nSPS) is 22.1. The van der Waals surface area contributed by atoms with Crippen LogP contribution in [0.15, 0.2) is 18.2 Å². The molecule has 0 saturated heterocycles. The van der Waals surface area contributed by atoms with Crippen LogP contribution in [-0.2, 0) is 4.74 Å². The van der Waals surface area contributed by atoms with E-state index < -0.39 is 5.97 Å². The molecule has 0 radical (unpaired) electrons. The fourth-order valence-electron chi connectivity index (χ4n) is 1.82. The highest BCUT2D eigenvalue weighted by Crippen LogP contribution is 2.22. The van der Waals surface area contributed by atoms with Crippen LogP contribution in [0.5, 0.6) is 0 Å². The Morgan fingerprint density at radius 3 is 2.67 bits per heavy atom. The van der Waals surface area contributed by atoms with E-state index in [9.17, 15) is 9.59 Å². The number of methoxy groups -OCH3 is 1. The van der Waals surface area contributed by atoms with Crippen LogP contribution < -0.4 is 5.32 Å². The Kier molecular flexibility index (Phi) is 3.57. The molecule has 0 spiro atoms. The summed E-state index contributed by atoms with van der Waals surface area (Å²) >= 11 is 0. The highest BCUT2D eigenvalue weighted by Gasteiger charge is 2.30. The summed E-state index contributed by atoms with van der Waals surface area (Å²) in [5, 5.41) is 11.6. The number of carbonyl (C=O) groups excluding carboxylic acids is 1. The zero-order valence-corrected chi connectivity index (χ0v) is 9.92. The van der Waals surface area contributed by atoms with Gasteiger partial charge in [0.15, 0.2) is 0 Å². The van der Waals surface area contributed by atoms with E-state index in [2.05, 4.69) is 10.3 Å². The topological polar surface area (TPSA) is 88.5 Å². The number of hydrogen-bond donors (Lipinski definition) is 2. The molecule has 6 nitrogen and oxygen atoms in total. The zero-order chi connectivity index (χ0) is 13.1. The third-order valence-corrected chi connectivity index (χ3v) is 2.96. The Morgan fingerprint density at radius 1 is 1.39 bits per heavy atom. The van der Waals surface area contributed by atoms with Crippen molar-refractivity contribution in [1.82, 2.24) is 10.3 Å². The first kappa shape index (κ1) is 12.5. The van der Waals surface area contributed by atoms with Crippen molar-refractivity contribution < 1.29 is 19.4 Å². The number of hydrogen-bond acceptors (Lipinski definition) is 4. The lowest BCUT2D eigenvalue weighted by Crippen LogP contribution is -2.47. The zero-order valence-electron chi connectivity index (χ0n) is 9.92. The first-order valence-electron chi connectivity index (χ1n) is 5.64. The molecule has 0 unspecified atom stereocenters. The molecule has 1 amide bonds. The molecular weight excluding hydrogens is 236 g/mol. The number of aromatic carboxylic acids is 1. The van der Waals surface area contributed by atoms with E-state index in [1.807, 2.05) is 0 Å². The molecule has 1 aromatic heterocycles. The van der Waals surface area contributed by atoms with Crippen molar-refractivity contribution in [3.05, 3.63) is 29.6 Å². The van der Waals surface area contributed by atoms with Gasteiger partial charge in [0, 0.05) is 13.2 Å². The van der Waals surface area contributed by atoms with Crippen molar-refractivity contribution >= 4 is 11.9 Å². The Labute approximate surface area is 104 Å². The van der Waals surface area contributed by atoms with Crippen LogP contribution in [0.2, 0.25) is 0 Å². The molecule has 1 aliphatic carbocycles.